The number of nitrogens with one attached hydrogen (secondary N) is 1. The zero-order valence-corrected chi connectivity index (χ0v) is 11.1. The molecule has 18 heavy (non-hydrogen) atoms. The number of hydrogen-bond donors (Lipinski definition) is 0. The van der Waals surface area contributed by atoms with Crippen LogP contribution in [0, 0.1) is 13.3 Å². The fraction of sp³-hybridized carbons (Fsp3) is 0. The summed E-state index contributed by atoms with van der Waals surface area (Å²) in [5.74, 6) is 0. The molecule has 5 heteroatoms. The van der Waals surface area contributed by atoms with Gasteiger partial charge in [0.15, 0.2) is 0 Å². The third kappa shape index (κ3) is 14.7. The molecule has 2 rings (SSSR count). The van der Waals surface area contributed by atoms with Crippen molar-refractivity contribution in [2.75, 3.05) is 0 Å². The molecule has 0 radical (unpaired) electrons. The van der Waals surface area contributed by atoms with E-state index in [2.05, 4.69) is 13.3 Å². The van der Waals surface area contributed by atoms with Gasteiger partial charge in [-0.2, -0.15) is 18.2 Å². The molecule has 0 amide bonds. The van der Waals surface area contributed by atoms with Crippen LogP contribution in [0.15, 0.2) is 54.6 Å². The summed E-state index contributed by atoms with van der Waals surface area (Å²) in [5, 5.41) is 0.681. The molecule has 0 saturated heterocycles. The van der Waals surface area contributed by atoms with Crippen molar-refractivity contribution in [3.05, 3.63) is 78.7 Å². The van der Waals surface area contributed by atoms with Gasteiger partial charge in [-0.15, -0.1) is 5.69 Å². The van der Waals surface area contributed by atoms with Crippen molar-refractivity contribution < 1.29 is 26.4 Å². The number of rotatable bonds is 0. The molecule has 0 aliphatic rings. The molecule has 0 atom stereocenters. The van der Waals surface area contributed by atoms with Crippen LogP contribution in [0.5, 0.6) is 0 Å². The molecule has 2 aromatic carbocycles. The van der Waals surface area contributed by atoms with E-state index in [0.29, 0.717) is 10.7 Å². The molecule has 0 saturated carbocycles. The Hall–Kier alpha value is -1.34. The van der Waals surface area contributed by atoms with E-state index in [9.17, 15) is 0 Å². The largest absolute Gasteiger partial charge is 2.00 e. The maximum atomic E-state index is 7.50. The molecule has 0 aliphatic carbocycles. The average molecular weight is 304 g/mol. The molecule has 0 bridgehead atoms. The summed E-state index contributed by atoms with van der Waals surface area (Å²) < 4.78 is 15.0. The topological polar surface area (TPSA) is 63.6 Å². The van der Waals surface area contributed by atoms with Crippen LogP contribution in [0.4, 0.5) is 5.69 Å². The predicted molar refractivity (Wildman–Crippen MR) is 65.3 cm³/mol. The first kappa shape index (κ1) is 21.9. The van der Waals surface area contributed by atoms with Crippen molar-refractivity contribution in [2.45, 2.75) is 0 Å². The van der Waals surface area contributed by atoms with Crippen LogP contribution in [0.2, 0.25) is 5.02 Å². The van der Waals surface area contributed by atoms with Crippen LogP contribution < -0.4 is 0 Å². The van der Waals surface area contributed by atoms with Gasteiger partial charge in [0.25, 0.3) is 0 Å². The van der Waals surface area contributed by atoms with Crippen molar-refractivity contribution in [1.82, 2.24) is 0 Å². The Morgan fingerprint density at radius 1 is 0.944 bits per heavy atom. The van der Waals surface area contributed by atoms with E-state index in [4.69, 9.17) is 26.6 Å². The summed E-state index contributed by atoms with van der Waals surface area (Å²) in [4.78, 5) is 0. The fourth-order valence-corrected chi connectivity index (χ4v) is 0.897. The van der Waals surface area contributed by atoms with Gasteiger partial charge in [-0.25, -0.2) is 12.1 Å². The minimum absolute atomic E-state index is 0. The quantitative estimate of drug-likeness (QED) is 0.394. The van der Waals surface area contributed by atoms with Crippen molar-refractivity contribution in [3.8, 4) is 0 Å². The molecular formula is C13H10ClFeNO2. The fourth-order valence-electron chi connectivity index (χ4n) is 0.771. The van der Waals surface area contributed by atoms with Crippen molar-refractivity contribution in [2.24, 2.45) is 0 Å². The molecular weight excluding hydrogens is 293 g/mol. The van der Waals surface area contributed by atoms with Crippen molar-refractivity contribution >= 4 is 17.3 Å². The van der Waals surface area contributed by atoms with Gasteiger partial charge < -0.3 is 5.73 Å². The van der Waals surface area contributed by atoms with Gasteiger partial charge >= 0.3 is 39.7 Å². The molecule has 3 nitrogen and oxygen atoms in total. The maximum Gasteiger partial charge on any atom is 2.00 e. The smallest absolute Gasteiger partial charge is 0.699 e. The molecule has 94 valence electrons. The second kappa shape index (κ2) is 18.0. The molecule has 0 spiro atoms. The molecule has 2 aromatic rings. The first-order valence-electron chi connectivity index (χ1n) is 4.34. The summed E-state index contributed by atoms with van der Waals surface area (Å²) in [6.45, 7) is 9.00. The number of hydrogen-bond acceptors (Lipinski definition) is 0. The second-order valence-corrected chi connectivity index (χ2v) is 2.91. The minimum Gasteiger partial charge on any atom is -0.699 e. The Bertz CT molecular complexity index is 352. The Labute approximate surface area is 122 Å². The Morgan fingerprint density at radius 2 is 1.33 bits per heavy atom. The molecule has 0 heterocycles. The third-order valence-corrected chi connectivity index (χ3v) is 1.65. The third-order valence-electron chi connectivity index (χ3n) is 1.40. The summed E-state index contributed by atoms with van der Waals surface area (Å²) in [7, 11) is 0. The first-order valence-corrected chi connectivity index (χ1v) is 4.71. The van der Waals surface area contributed by atoms with E-state index >= 15 is 0 Å². The number of benzene rings is 1. The molecule has 0 aliphatic heterocycles. The summed E-state index contributed by atoms with van der Waals surface area (Å²) in [5.41, 5.74) is 7.53. The summed E-state index contributed by atoms with van der Waals surface area (Å²) in [6.07, 6.45) is 0. The van der Waals surface area contributed by atoms with Crippen LogP contribution in [-0.4, -0.2) is 0 Å². The van der Waals surface area contributed by atoms with E-state index in [1.807, 2.05) is 30.3 Å². The number of halogens is 1. The van der Waals surface area contributed by atoms with E-state index in [-0.39, 0.29) is 17.1 Å². The minimum atomic E-state index is 0. The van der Waals surface area contributed by atoms with Crippen LogP contribution in [0.25, 0.3) is 5.73 Å². The van der Waals surface area contributed by atoms with Crippen LogP contribution in [0.1, 0.15) is 0 Å². The van der Waals surface area contributed by atoms with E-state index < -0.39 is 0 Å². The first-order chi connectivity index (χ1) is 8.29. The SMILES string of the molecule is [C-]#[O+].[C-]#[O+].[Fe+2].[NH-]c1ccc(Cl)cc1.c1cc[cH-]c1. The zero-order chi connectivity index (χ0) is 13.5. The molecule has 0 unspecified atom stereocenters. The molecule has 1 N–H and O–H groups in total. The maximum absolute atomic E-state index is 7.50. The molecule has 0 fully saturated rings. The van der Waals surface area contributed by atoms with Gasteiger partial charge in [0, 0.05) is 5.02 Å². The van der Waals surface area contributed by atoms with E-state index in [1.165, 1.54) is 0 Å². The van der Waals surface area contributed by atoms with Gasteiger partial charge in [-0.1, -0.05) is 23.7 Å². The van der Waals surface area contributed by atoms with Gasteiger partial charge in [0.1, 0.15) is 0 Å². The second-order valence-electron chi connectivity index (χ2n) is 2.47. The van der Waals surface area contributed by atoms with E-state index in [0.717, 1.165) is 0 Å². The Balaban J connectivity index is -0.000000196. The summed E-state index contributed by atoms with van der Waals surface area (Å²) in [6, 6.07) is 16.7. The monoisotopic (exact) mass is 303 g/mol. The normalized spacial score (nSPS) is 6.50. The van der Waals surface area contributed by atoms with E-state index in [1.54, 1.807) is 24.3 Å². The summed E-state index contributed by atoms with van der Waals surface area (Å²) >= 11 is 5.53. The van der Waals surface area contributed by atoms with Crippen LogP contribution in [0.3, 0.4) is 0 Å². The average Bonchev–Trinajstić information content (AvgIpc) is 2.97. The van der Waals surface area contributed by atoms with Crippen molar-refractivity contribution in [3.63, 3.8) is 0 Å². The van der Waals surface area contributed by atoms with Crippen molar-refractivity contribution in [1.29, 1.82) is 0 Å². The van der Waals surface area contributed by atoms with Crippen LogP contribution in [-0.2, 0) is 26.4 Å². The van der Waals surface area contributed by atoms with Gasteiger partial charge in [-0.05, 0) is 12.1 Å². The van der Waals surface area contributed by atoms with Gasteiger partial charge in [-0.3, -0.25) is 0 Å². The Kier molecular flexibility index (Phi) is 21.9. The Morgan fingerprint density at radius 3 is 1.56 bits per heavy atom. The molecule has 0 aromatic heterocycles. The predicted octanol–water partition coefficient (Wildman–Crippen LogP) is 4.35. The van der Waals surface area contributed by atoms with Gasteiger partial charge in [0.05, 0.1) is 0 Å². The zero-order valence-electron chi connectivity index (χ0n) is 9.24. The van der Waals surface area contributed by atoms with Gasteiger partial charge in [0.2, 0.25) is 0 Å². The standard InChI is InChI=1S/C6H5ClN.C5H5.2CO.Fe/c7-5-1-3-6(8)4-2-5;1-2-4-5-3-1;2*1-2;/h1-4,8H;1-5H;;;/q2*-1;;;+2. The van der Waals surface area contributed by atoms with Crippen LogP contribution >= 0.6 is 11.6 Å².